The topological polar surface area (TPSA) is 55.0 Å². The fraction of sp³-hybridized carbons (Fsp3) is 0.200. The zero-order valence-corrected chi connectivity index (χ0v) is 13.0. The van der Waals surface area contributed by atoms with Gasteiger partial charge in [-0.1, -0.05) is 0 Å². The van der Waals surface area contributed by atoms with Crippen LogP contribution in [0.2, 0.25) is 0 Å². The predicted octanol–water partition coefficient (Wildman–Crippen LogP) is 3.28. The summed E-state index contributed by atoms with van der Waals surface area (Å²) in [6.45, 7) is 0.783. The third kappa shape index (κ3) is 2.97. The number of hydrogen-bond acceptors (Lipinski definition) is 5. The molecule has 0 amide bonds. The number of thiophene rings is 1. The van der Waals surface area contributed by atoms with Crippen molar-refractivity contribution in [3.8, 4) is 0 Å². The summed E-state index contributed by atoms with van der Waals surface area (Å²) in [6.07, 6.45) is 1.47. The van der Waals surface area contributed by atoms with Crippen molar-refractivity contribution < 1.29 is 0 Å². The van der Waals surface area contributed by atoms with E-state index in [2.05, 4.69) is 53.3 Å². The van der Waals surface area contributed by atoms with Crippen LogP contribution in [-0.2, 0) is 6.54 Å². The van der Waals surface area contributed by atoms with E-state index >= 15 is 0 Å². The van der Waals surface area contributed by atoms with Crippen molar-refractivity contribution in [2.75, 3.05) is 17.7 Å². The van der Waals surface area contributed by atoms with Gasteiger partial charge in [-0.3, -0.25) is 0 Å². The van der Waals surface area contributed by atoms with Crippen LogP contribution in [0.25, 0.3) is 0 Å². The summed E-state index contributed by atoms with van der Waals surface area (Å²) in [5, 5.41) is 2.06. The highest BCUT2D eigenvalue weighted by Crippen LogP contribution is 2.29. The molecule has 0 aliphatic rings. The maximum absolute atomic E-state index is 5.73. The lowest BCUT2D eigenvalue weighted by atomic mass is 10.4. The molecular formula is C10H10Br2N4S. The molecule has 7 heteroatoms. The van der Waals surface area contributed by atoms with Gasteiger partial charge in [0.1, 0.15) is 22.4 Å². The Morgan fingerprint density at radius 3 is 2.82 bits per heavy atom. The Morgan fingerprint density at radius 1 is 1.41 bits per heavy atom. The largest absolute Gasteiger partial charge is 0.383 e. The number of rotatable bonds is 3. The standard InChI is InChI=1S/C10H10Br2N4S/c1-16(3-7-2-6(11)4-17-7)10-8(12)9(13)14-5-15-10/h2,4-5H,3H2,1H3,(H2,13,14,15). The summed E-state index contributed by atoms with van der Waals surface area (Å²) >= 11 is 8.55. The van der Waals surface area contributed by atoms with Crippen molar-refractivity contribution in [3.05, 3.63) is 31.6 Å². The van der Waals surface area contributed by atoms with E-state index in [4.69, 9.17) is 5.73 Å². The van der Waals surface area contributed by atoms with Gasteiger partial charge >= 0.3 is 0 Å². The molecule has 0 aliphatic carbocycles. The Hall–Kier alpha value is -0.660. The van der Waals surface area contributed by atoms with Crippen molar-refractivity contribution in [1.29, 1.82) is 0 Å². The summed E-state index contributed by atoms with van der Waals surface area (Å²) in [5.74, 6) is 1.25. The Morgan fingerprint density at radius 2 is 2.18 bits per heavy atom. The van der Waals surface area contributed by atoms with Gasteiger partial charge in [0.25, 0.3) is 0 Å². The Bertz CT molecular complexity index is 529. The highest BCUT2D eigenvalue weighted by Gasteiger charge is 2.11. The van der Waals surface area contributed by atoms with Gasteiger partial charge in [0.2, 0.25) is 0 Å². The quantitative estimate of drug-likeness (QED) is 0.891. The average Bonchev–Trinajstić information content (AvgIpc) is 2.68. The first-order valence-electron chi connectivity index (χ1n) is 4.78. The minimum atomic E-state index is 0.453. The predicted molar refractivity (Wildman–Crippen MR) is 78.3 cm³/mol. The molecule has 2 heterocycles. The van der Waals surface area contributed by atoms with Crippen molar-refractivity contribution in [2.45, 2.75) is 6.54 Å². The molecule has 0 saturated heterocycles. The van der Waals surface area contributed by atoms with Crippen LogP contribution in [-0.4, -0.2) is 17.0 Å². The summed E-state index contributed by atoms with van der Waals surface area (Å²) in [4.78, 5) is 11.4. The zero-order chi connectivity index (χ0) is 12.4. The van der Waals surface area contributed by atoms with E-state index in [9.17, 15) is 0 Å². The van der Waals surface area contributed by atoms with Crippen molar-refractivity contribution in [3.63, 3.8) is 0 Å². The van der Waals surface area contributed by atoms with Crippen molar-refractivity contribution in [1.82, 2.24) is 9.97 Å². The van der Waals surface area contributed by atoms with Crippen LogP contribution in [0, 0.1) is 0 Å². The third-order valence-electron chi connectivity index (χ3n) is 2.17. The average molecular weight is 378 g/mol. The van der Waals surface area contributed by atoms with E-state index < -0.39 is 0 Å². The molecule has 17 heavy (non-hydrogen) atoms. The minimum Gasteiger partial charge on any atom is -0.383 e. The van der Waals surface area contributed by atoms with Gasteiger partial charge in [0.05, 0.1) is 6.54 Å². The van der Waals surface area contributed by atoms with E-state index in [-0.39, 0.29) is 0 Å². The SMILES string of the molecule is CN(Cc1cc(Br)cs1)c1ncnc(N)c1Br. The number of nitrogens with zero attached hydrogens (tertiary/aromatic N) is 3. The first kappa shape index (κ1) is 12.8. The molecular weight excluding hydrogens is 368 g/mol. The van der Waals surface area contributed by atoms with Gasteiger partial charge in [-0.15, -0.1) is 11.3 Å². The number of anilines is 2. The summed E-state index contributed by atoms with van der Waals surface area (Å²) in [6, 6.07) is 2.10. The molecule has 0 radical (unpaired) electrons. The van der Waals surface area contributed by atoms with Crippen LogP contribution in [0.1, 0.15) is 4.88 Å². The van der Waals surface area contributed by atoms with Crippen molar-refractivity contribution in [2.24, 2.45) is 0 Å². The highest BCUT2D eigenvalue weighted by molar-refractivity contribution is 9.11. The number of nitrogens with two attached hydrogens (primary N) is 1. The molecule has 2 N–H and O–H groups in total. The highest BCUT2D eigenvalue weighted by atomic mass is 79.9. The van der Waals surface area contributed by atoms with Crippen LogP contribution in [0.4, 0.5) is 11.6 Å². The van der Waals surface area contributed by atoms with Crippen LogP contribution in [0.5, 0.6) is 0 Å². The second kappa shape index (κ2) is 5.32. The normalized spacial score (nSPS) is 10.5. The second-order valence-electron chi connectivity index (χ2n) is 3.48. The lowest BCUT2D eigenvalue weighted by molar-refractivity contribution is 0.900. The number of nitrogen functional groups attached to an aromatic ring is 1. The monoisotopic (exact) mass is 376 g/mol. The fourth-order valence-corrected chi connectivity index (χ4v) is 3.40. The van der Waals surface area contributed by atoms with E-state index in [0.717, 1.165) is 21.3 Å². The van der Waals surface area contributed by atoms with Gasteiger partial charge in [-0.2, -0.15) is 0 Å². The summed E-state index contributed by atoms with van der Waals surface area (Å²) < 4.78 is 1.84. The maximum atomic E-state index is 5.73. The number of aromatic nitrogens is 2. The summed E-state index contributed by atoms with van der Waals surface area (Å²) in [7, 11) is 1.97. The number of halogens is 2. The first-order chi connectivity index (χ1) is 8.08. The molecule has 4 nitrogen and oxygen atoms in total. The van der Waals surface area contributed by atoms with Gasteiger partial charge in [-0.05, 0) is 37.9 Å². The lowest BCUT2D eigenvalue weighted by Crippen LogP contribution is -2.18. The molecule has 0 bridgehead atoms. The summed E-state index contributed by atoms with van der Waals surface area (Å²) in [5.41, 5.74) is 5.73. The molecule has 2 rings (SSSR count). The zero-order valence-electron chi connectivity index (χ0n) is 9.02. The molecule has 0 atom stereocenters. The molecule has 0 aromatic carbocycles. The molecule has 0 spiro atoms. The Labute approximate surface area is 120 Å². The maximum Gasteiger partial charge on any atom is 0.148 e. The van der Waals surface area contributed by atoms with Gasteiger partial charge in [0, 0.05) is 21.8 Å². The lowest BCUT2D eigenvalue weighted by Gasteiger charge is -2.18. The molecule has 2 aromatic rings. The molecule has 0 saturated carbocycles. The molecule has 0 fully saturated rings. The molecule has 0 unspecified atom stereocenters. The minimum absolute atomic E-state index is 0.453. The fourth-order valence-electron chi connectivity index (χ4n) is 1.39. The smallest absolute Gasteiger partial charge is 0.148 e. The van der Waals surface area contributed by atoms with E-state index in [1.807, 2.05) is 11.9 Å². The van der Waals surface area contributed by atoms with E-state index in [0.29, 0.717) is 5.82 Å². The van der Waals surface area contributed by atoms with Crippen LogP contribution >= 0.6 is 43.2 Å². The third-order valence-corrected chi connectivity index (χ3v) is 4.62. The molecule has 90 valence electrons. The van der Waals surface area contributed by atoms with E-state index in [1.54, 1.807) is 11.3 Å². The van der Waals surface area contributed by atoms with Gasteiger partial charge in [0.15, 0.2) is 0 Å². The Kier molecular flexibility index (Phi) is 4.01. The van der Waals surface area contributed by atoms with Crippen molar-refractivity contribution >= 4 is 54.8 Å². The van der Waals surface area contributed by atoms with Gasteiger partial charge in [-0.25, -0.2) is 9.97 Å². The first-order valence-corrected chi connectivity index (χ1v) is 7.24. The van der Waals surface area contributed by atoms with Crippen LogP contribution in [0.15, 0.2) is 26.7 Å². The number of hydrogen-bond donors (Lipinski definition) is 1. The molecule has 0 aliphatic heterocycles. The molecule has 2 aromatic heterocycles. The van der Waals surface area contributed by atoms with Crippen LogP contribution in [0.3, 0.4) is 0 Å². The van der Waals surface area contributed by atoms with E-state index in [1.165, 1.54) is 11.2 Å². The van der Waals surface area contributed by atoms with Gasteiger partial charge < -0.3 is 10.6 Å². The Balaban J connectivity index is 2.20. The second-order valence-corrected chi connectivity index (χ2v) is 6.19. The van der Waals surface area contributed by atoms with Crippen LogP contribution < -0.4 is 10.6 Å².